The number of hydrogen-bond donors (Lipinski definition) is 3. The maximum atomic E-state index is 12.1. The van der Waals surface area contributed by atoms with Crippen molar-refractivity contribution in [2.45, 2.75) is 18.2 Å². The van der Waals surface area contributed by atoms with Gasteiger partial charge >= 0.3 is 6.03 Å². The molecule has 0 fully saturated rings. The Morgan fingerprint density at radius 1 is 1.22 bits per heavy atom. The van der Waals surface area contributed by atoms with Gasteiger partial charge in [-0.1, -0.05) is 19.1 Å². The van der Waals surface area contributed by atoms with Gasteiger partial charge in [-0.05, 0) is 30.3 Å². The third-order valence-electron chi connectivity index (χ3n) is 3.92. The number of carbonyl (C=O) groups is 1. The van der Waals surface area contributed by atoms with E-state index in [1.54, 1.807) is 11.3 Å². The van der Waals surface area contributed by atoms with Crippen LogP contribution in [0.2, 0.25) is 0 Å². The first kappa shape index (κ1) is 19.1. The second-order valence-electron chi connectivity index (χ2n) is 5.79. The molecule has 142 valence electrons. The molecule has 0 radical (unpaired) electrons. The number of rotatable bonds is 6. The third-order valence-corrected chi connectivity index (χ3v) is 6.75. The Morgan fingerprint density at radius 2 is 2.00 bits per heavy atom. The second kappa shape index (κ2) is 7.93. The van der Waals surface area contributed by atoms with Crippen molar-refractivity contribution in [2.24, 2.45) is 0 Å². The zero-order valence-electron chi connectivity index (χ0n) is 14.6. The number of carbonyl (C=O) groups excluding carboxylic acids is 1. The molecule has 0 bridgehead atoms. The van der Waals surface area contributed by atoms with E-state index in [0.29, 0.717) is 13.0 Å². The van der Waals surface area contributed by atoms with E-state index in [4.69, 9.17) is 0 Å². The van der Waals surface area contributed by atoms with Gasteiger partial charge < -0.3 is 15.7 Å². The number of amides is 2. The monoisotopic (exact) mass is 405 g/mol. The Kier molecular flexibility index (Phi) is 5.62. The number of aromatic nitrogens is 1. The fraction of sp³-hybridized carbons (Fsp3) is 0.222. The number of sulfone groups is 1. The number of hydrogen-bond acceptors (Lipinski definition) is 6. The molecule has 7 nitrogen and oxygen atoms in total. The highest BCUT2D eigenvalue weighted by atomic mass is 32.2. The van der Waals surface area contributed by atoms with Gasteiger partial charge in [0, 0.05) is 13.0 Å². The van der Waals surface area contributed by atoms with Gasteiger partial charge in [-0.2, -0.15) is 0 Å². The van der Waals surface area contributed by atoms with Crippen LogP contribution >= 0.6 is 11.3 Å². The Hall–Kier alpha value is -2.65. The topological polar surface area (TPSA) is 108 Å². The normalized spacial score (nSPS) is 11.4. The maximum Gasteiger partial charge on any atom is 0.319 e. The van der Waals surface area contributed by atoms with Crippen molar-refractivity contribution < 1.29 is 18.3 Å². The van der Waals surface area contributed by atoms with Crippen molar-refractivity contribution in [1.29, 1.82) is 0 Å². The van der Waals surface area contributed by atoms with Gasteiger partial charge in [-0.3, -0.25) is 0 Å². The molecule has 0 atom stereocenters. The Labute approximate surface area is 161 Å². The van der Waals surface area contributed by atoms with Crippen LogP contribution in [-0.2, 0) is 16.3 Å². The lowest BCUT2D eigenvalue weighted by atomic mass is 10.3. The zero-order valence-corrected chi connectivity index (χ0v) is 16.2. The number of benzene rings is 2. The minimum absolute atomic E-state index is 0.0435. The summed E-state index contributed by atoms with van der Waals surface area (Å²) in [7, 11) is -3.43. The molecule has 0 aliphatic heterocycles. The molecule has 0 unspecified atom stereocenters. The highest BCUT2D eigenvalue weighted by Gasteiger charge is 2.15. The summed E-state index contributed by atoms with van der Waals surface area (Å²) in [5.41, 5.74) is 0.975. The van der Waals surface area contributed by atoms with Crippen LogP contribution in [-0.4, -0.2) is 36.8 Å². The molecular formula is C18H19N3O4S2. The molecule has 0 aliphatic rings. The SMILES string of the molecule is CCS(=O)(=O)c1ccc(O)c(NC(=O)NCCc2nc3ccccc3s2)c1. The molecule has 0 saturated carbocycles. The number of thiazole rings is 1. The summed E-state index contributed by atoms with van der Waals surface area (Å²) in [5, 5.41) is 15.9. The minimum atomic E-state index is -3.43. The number of phenolic OH excluding ortho intramolecular Hbond substituents is 1. The number of nitrogens with one attached hydrogen (secondary N) is 2. The molecule has 2 amide bonds. The number of para-hydroxylation sites is 1. The van der Waals surface area contributed by atoms with E-state index in [9.17, 15) is 18.3 Å². The van der Waals surface area contributed by atoms with Crippen molar-refractivity contribution in [3.05, 3.63) is 47.5 Å². The molecule has 1 heterocycles. The summed E-state index contributed by atoms with van der Waals surface area (Å²) < 4.78 is 25.0. The molecule has 0 spiro atoms. The van der Waals surface area contributed by atoms with Gasteiger partial charge in [0.15, 0.2) is 9.84 Å². The van der Waals surface area contributed by atoms with Crippen molar-refractivity contribution >= 4 is 43.1 Å². The number of urea groups is 1. The first-order valence-corrected chi connectivity index (χ1v) is 10.8. The molecule has 0 saturated heterocycles. The fourth-order valence-electron chi connectivity index (χ4n) is 2.45. The van der Waals surface area contributed by atoms with Gasteiger partial charge in [0.1, 0.15) is 5.75 Å². The second-order valence-corrected chi connectivity index (χ2v) is 9.18. The van der Waals surface area contributed by atoms with Crippen LogP contribution in [0.15, 0.2) is 47.4 Å². The maximum absolute atomic E-state index is 12.1. The van der Waals surface area contributed by atoms with E-state index in [-0.39, 0.29) is 22.1 Å². The summed E-state index contributed by atoms with van der Waals surface area (Å²) in [4.78, 5) is 16.6. The van der Waals surface area contributed by atoms with Crippen LogP contribution in [0.3, 0.4) is 0 Å². The highest BCUT2D eigenvalue weighted by Crippen LogP contribution is 2.27. The summed E-state index contributed by atoms with van der Waals surface area (Å²) in [5.74, 6) is -0.266. The minimum Gasteiger partial charge on any atom is -0.506 e. The predicted octanol–water partition coefficient (Wildman–Crippen LogP) is 3.16. The van der Waals surface area contributed by atoms with Crippen LogP contribution in [0.4, 0.5) is 10.5 Å². The largest absolute Gasteiger partial charge is 0.506 e. The van der Waals surface area contributed by atoms with Gasteiger partial charge in [0.05, 0.1) is 31.6 Å². The first-order chi connectivity index (χ1) is 12.9. The summed E-state index contributed by atoms with van der Waals surface area (Å²) in [6.07, 6.45) is 0.572. The van der Waals surface area contributed by atoms with E-state index in [1.807, 2.05) is 24.3 Å². The standard InChI is InChI=1S/C18H19N3O4S2/c1-2-27(24,25)12-7-8-15(22)14(11-12)21-18(23)19-10-9-17-20-13-5-3-4-6-16(13)26-17/h3-8,11,22H,2,9-10H2,1H3,(H2,19,21,23). The Balaban J connectivity index is 1.60. The van der Waals surface area contributed by atoms with Gasteiger partial charge in [0.2, 0.25) is 0 Å². The average molecular weight is 406 g/mol. The van der Waals surface area contributed by atoms with Crippen LogP contribution in [0.5, 0.6) is 5.75 Å². The zero-order chi connectivity index (χ0) is 19.4. The molecule has 9 heteroatoms. The summed E-state index contributed by atoms with van der Waals surface area (Å²) in [6.45, 7) is 1.89. The lowest BCUT2D eigenvalue weighted by Crippen LogP contribution is -2.30. The van der Waals surface area contributed by atoms with E-state index in [0.717, 1.165) is 15.2 Å². The van der Waals surface area contributed by atoms with Gasteiger partial charge in [-0.25, -0.2) is 18.2 Å². The van der Waals surface area contributed by atoms with Crippen LogP contribution in [0.1, 0.15) is 11.9 Å². The number of fused-ring (bicyclic) bond motifs is 1. The van der Waals surface area contributed by atoms with Gasteiger partial charge in [0.25, 0.3) is 0 Å². The fourth-order valence-corrected chi connectivity index (χ4v) is 4.32. The average Bonchev–Trinajstić information content (AvgIpc) is 3.06. The Morgan fingerprint density at radius 3 is 2.74 bits per heavy atom. The summed E-state index contributed by atoms with van der Waals surface area (Å²) >= 11 is 1.57. The van der Waals surface area contributed by atoms with Gasteiger partial charge in [-0.15, -0.1) is 11.3 Å². The Bertz CT molecular complexity index is 1040. The van der Waals surface area contributed by atoms with Crippen molar-refractivity contribution in [2.75, 3.05) is 17.6 Å². The van der Waals surface area contributed by atoms with Crippen molar-refractivity contribution in [3.63, 3.8) is 0 Å². The molecule has 3 N–H and O–H groups in total. The number of nitrogens with zero attached hydrogens (tertiary/aromatic N) is 1. The quantitative estimate of drug-likeness (QED) is 0.546. The molecular weight excluding hydrogens is 386 g/mol. The number of aromatic hydroxyl groups is 1. The lowest BCUT2D eigenvalue weighted by Gasteiger charge is -2.10. The molecule has 1 aromatic heterocycles. The molecule has 0 aliphatic carbocycles. The highest BCUT2D eigenvalue weighted by molar-refractivity contribution is 7.91. The smallest absolute Gasteiger partial charge is 0.319 e. The van der Waals surface area contributed by atoms with E-state index in [1.165, 1.54) is 25.1 Å². The van der Waals surface area contributed by atoms with E-state index >= 15 is 0 Å². The van der Waals surface area contributed by atoms with Crippen LogP contribution < -0.4 is 10.6 Å². The van der Waals surface area contributed by atoms with Crippen molar-refractivity contribution in [1.82, 2.24) is 10.3 Å². The third kappa shape index (κ3) is 4.55. The van der Waals surface area contributed by atoms with Crippen molar-refractivity contribution in [3.8, 4) is 5.75 Å². The first-order valence-electron chi connectivity index (χ1n) is 8.34. The molecule has 2 aromatic carbocycles. The molecule has 3 rings (SSSR count). The predicted molar refractivity (Wildman–Crippen MR) is 106 cm³/mol. The van der Waals surface area contributed by atoms with Crippen LogP contribution in [0, 0.1) is 0 Å². The van der Waals surface area contributed by atoms with Crippen LogP contribution in [0.25, 0.3) is 10.2 Å². The van der Waals surface area contributed by atoms with E-state index < -0.39 is 15.9 Å². The molecule has 3 aromatic rings. The molecule has 27 heavy (non-hydrogen) atoms. The number of phenols is 1. The summed E-state index contributed by atoms with van der Waals surface area (Å²) in [6, 6.07) is 11.1. The van der Waals surface area contributed by atoms with E-state index in [2.05, 4.69) is 15.6 Å². The number of anilines is 1. The lowest BCUT2D eigenvalue weighted by molar-refractivity contribution is 0.252.